The van der Waals surface area contributed by atoms with Gasteiger partial charge in [0.15, 0.2) is 0 Å². The van der Waals surface area contributed by atoms with Crippen LogP contribution >= 0.6 is 0 Å². The van der Waals surface area contributed by atoms with E-state index in [9.17, 15) is 13.2 Å². The minimum Gasteiger partial charge on any atom is -0.496 e. The number of hydrogen-bond donors (Lipinski definition) is 1. The molecule has 3 rings (SSSR count). The third kappa shape index (κ3) is 4.45. The number of amides is 1. The molecule has 1 aromatic carbocycles. The second-order valence-electron chi connectivity index (χ2n) is 6.37. The first-order chi connectivity index (χ1) is 13.0. The Labute approximate surface area is 159 Å². The zero-order valence-electron chi connectivity index (χ0n) is 15.2. The van der Waals surface area contributed by atoms with Gasteiger partial charge in [0.25, 0.3) is 5.91 Å². The van der Waals surface area contributed by atoms with Crippen molar-refractivity contribution in [2.75, 3.05) is 25.5 Å². The summed E-state index contributed by atoms with van der Waals surface area (Å²) in [5.74, 6) is -0.123. The molecule has 144 valence electrons. The Morgan fingerprint density at radius 3 is 2.37 bits per heavy atom. The Bertz CT molecular complexity index is 892. The van der Waals surface area contributed by atoms with E-state index in [-0.39, 0.29) is 10.5 Å². The number of nitrogens with zero attached hydrogens (tertiary/aromatic N) is 2. The predicted molar refractivity (Wildman–Crippen MR) is 102 cm³/mol. The first-order valence-electron chi connectivity index (χ1n) is 8.92. The van der Waals surface area contributed by atoms with Crippen LogP contribution in [0.25, 0.3) is 0 Å². The minimum absolute atomic E-state index is 0.102. The first kappa shape index (κ1) is 19.3. The highest BCUT2D eigenvalue weighted by atomic mass is 32.2. The number of carbonyl (C=O) groups is 1. The summed E-state index contributed by atoms with van der Waals surface area (Å²) in [6.45, 7) is 1.01. The van der Waals surface area contributed by atoms with Gasteiger partial charge >= 0.3 is 0 Å². The van der Waals surface area contributed by atoms with Crippen LogP contribution in [0.4, 0.5) is 5.69 Å². The van der Waals surface area contributed by atoms with Crippen molar-refractivity contribution in [3.05, 3.63) is 48.3 Å². The van der Waals surface area contributed by atoms with Crippen molar-refractivity contribution in [1.29, 1.82) is 0 Å². The van der Waals surface area contributed by atoms with Crippen LogP contribution in [0, 0.1) is 0 Å². The number of benzene rings is 1. The molecule has 0 aliphatic carbocycles. The van der Waals surface area contributed by atoms with Crippen molar-refractivity contribution in [2.24, 2.45) is 0 Å². The smallest absolute Gasteiger partial charge is 0.259 e. The third-order valence-electron chi connectivity index (χ3n) is 4.56. The second kappa shape index (κ2) is 8.49. The molecule has 2 heterocycles. The number of methoxy groups -OCH3 is 1. The largest absolute Gasteiger partial charge is 0.496 e. The van der Waals surface area contributed by atoms with E-state index in [1.807, 2.05) is 0 Å². The van der Waals surface area contributed by atoms with Crippen molar-refractivity contribution in [3.63, 3.8) is 0 Å². The van der Waals surface area contributed by atoms with E-state index in [0.717, 1.165) is 25.7 Å². The quantitative estimate of drug-likeness (QED) is 0.849. The predicted octanol–water partition coefficient (Wildman–Crippen LogP) is 2.91. The van der Waals surface area contributed by atoms with Gasteiger partial charge in [-0.3, -0.25) is 9.78 Å². The number of hydrogen-bond acceptors (Lipinski definition) is 5. The SMILES string of the molecule is COc1ccc(S(=O)(=O)N2CCCCCC2)cc1C(=O)Nc1ccncc1. The van der Waals surface area contributed by atoms with Crippen LogP contribution in [0.1, 0.15) is 36.0 Å². The van der Waals surface area contributed by atoms with Crippen LogP contribution in [0.15, 0.2) is 47.6 Å². The molecule has 0 bridgehead atoms. The van der Waals surface area contributed by atoms with Gasteiger partial charge < -0.3 is 10.1 Å². The van der Waals surface area contributed by atoms with Gasteiger partial charge in [0.05, 0.1) is 17.6 Å². The van der Waals surface area contributed by atoms with Crippen LogP contribution < -0.4 is 10.1 Å². The maximum absolute atomic E-state index is 13.0. The van der Waals surface area contributed by atoms with Gasteiger partial charge in [0.1, 0.15) is 5.75 Å². The molecule has 7 nitrogen and oxygen atoms in total. The fraction of sp³-hybridized carbons (Fsp3) is 0.368. The lowest BCUT2D eigenvalue weighted by molar-refractivity contribution is 0.102. The van der Waals surface area contributed by atoms with Gasteiger partial charge in [0.2, 0.25) is 10.0 Å². The maximum Gasteiger partial charge on any atom is 0.259 e. The normalized spacial score (nSPS) is 15.7. The van der Waals surface area contributed by atoms with E-state index < -0.39 is 15.9 Å². The first-order valence-corrected chi connectivity index (χ1v) is 10.4. The molecule has 0 unspecified atom stereocenters. The summed E-state index contributed by atoms with van der Waals surface area (Å²) in [7, 11) is -2.21. The molecule has 1 fully saturated rings. The lowest BCUT2D eigenvalue weighted by Gasteiger charge is -2.20. The van der Waals surface area contributed by atoms with E-state index in [1.54, 1.807) is 24.5 Å². The van der Waals surface area contributed by atoms with Crippen molar-refractivity contribution in [3.8, 4) is 5.75 Å². The van der Waals surface area contributed by atoms with Crippen molar-refractivity contribution < 1.29 is 17.9 Å². The summed E-state index contributed by atoms with van der Waals surface area (Å²) in [4.78, 5) is 16.7. The lowest BCUT2D eigenvalue weighted by Crippen LogP contribution is -2.32. The summed E-state index contributed by atoms with van der Waals surface area (Å²) in [5, 5.41) is 2.73. The molecular formula is C19H23N3O4S. The standard InChI is InChI=1S/C19H23N3O4S/c1-26-18-7-6-16(27(24,25)22-12-4-2-3-5-13-22)14-17(18)19(23)21-15-8-10-20-11-9-15/h6-11,14H,2-5,12-13H2,1H3,(H,20,21,23). The zero-order chi connectivity index (χ0) is 19.3. The van der Waals surface area contributed by atoms with E-state index in [1.165, 1.54) is 29.6 Å². The van der Waals surface area contributed by atoms with Gasteiger partial charge in [-0.1, -0.05) is 12.8 Å². The number of aromatic nitrogens is 1. The number of carbonyl (C=O) groups excluding carboxylic acids is 1. The average molecular weight is 389 g/mol. The zero-order valence-corrected chi connectivity index (χ0v) is 16.0. The highest BCUT2D eigenvalue weighted by molar-refractivity contribution is 7.89. The molecule has 1 amide bonds. The molecule has 2 aromatic rings. The second-order valence-corrected chi connectivity index (χ2v) is 8.31. The molecule has 0 atom stereocenters. The van der Waals surface area contributed by atoms with Crippen molar-refractivity contribution >= 4 is 21.6 Å². The number of anilines is 1. The Morgan fingerprint density at radius 1 is 1.07 bits per heavy atom. The lowest BCUT2D eigenvalue weighted by atomic mass is 10.2. The average Bonchev–Trinajstić information content (AvgIpc) is 2.98. The number of rotatable bonds is 5. The fourth-order valence-corrected chi connectivity index (χ4v) is 4.63. The molecule has 1 saturated heterocycles. The van der Waals surface area contributed by atoms with E-state index in [0.29, 0.717) is 24.5 Å². The minimum atomic E-state index is -3.65. The Hall–Kier alpha value is -2.45. The van der Waals surface area contributed by atoms with Crippen LogP contribution in [0.3, 0.4) is 0 Å². The number of sulfonamides is 1. The van der Waals surface area contributed by atoms with Crippen LogP contribution in [-0.2, 0) is 10.0 Å². The molecule has 0 spiro atoms. The van der Waals surface area contributed by atoms with Gasteiger partial charge in [-0.2, -0.15) is 4.31 Å². The molecular weight excluding hydrogens is 366 g/mol. The number of ether oxygens (including phenoxy) is 1. The molecule has 1 aromatic heterocycles. The monoisotopic (exact) mass is 389 g/mol. The summed E-state index contributed by atoms with van der Waals surface area (Å²) in [5.41, 5.74) is 0.739. The van der Waals surface area contributed by atoms with Gasteiger partial charge in [0, 0.05) is 31.2 Å². The van der Waals surface area contributed by atoms with Crippen LogP contribution in [-0.4, -0.2) is 43.8 Å². The highest BCUT2D eigenvalue weighted by Gasteiger charge is 2.27. The van der Waals surface area contributed by atoms with Crippen LogP contribution in [0.2, 0.25) is 0 Å². The van der Waals surface area contributed by atoms with Gasteiger partial charge in [-0.05, 0) is 43.2 Å². The topological polar surface area (TPSA) is 88.6 Å². The number of nitrogens with one attached hydrogen (secondary N) is 1. The Balaban J connectivity index is 1.91. The summed E-state index contributed by atoms with van der Waals surface area (Å²) < 4.78 is 32.8. The summed E-state index contributed by atoms with van der Waals surface area (Å²) >= 11 is 0. The molecule has 1 N–H and O–H groups in total. The fourth-order valence-electron chi connectivity index (χ4n) is 3.09. The molecule has 0 saturated carbocycles. The molecule has 0 radical (unpaired) electrons. The van der Waals surface area contributed by atoms with Crippen LogP contribution in [0.5, 0.6) is 5.75 Å². The van der Waals surface area contributed by atoms with Gasteiger partial charge in [-0.25, -0.2) is 8.42 Å². The van der Waals surface area contributed by atoms with Crippen molar-refractivity contribution in [2.45, 2.75) is 30.6 Å². The Kier molecular flexibility index (Phi) is 6.08. The molecule has 1 aliphatic rings. The van der Waals surface area contributed by atoms with E-state index in [4.69, 9.17) is 4.74 Å². The molecule has 27 heavy (non-hydrogen) atoms. The summed E-state index contributed by atoms with van der Waals surface area (Å²) in [6.07, 6.45) is 6.90. The van der Waals surface area contributed by atoms with E-state index >= 15 is 0 Å². The molecule has 8 heteroatoms. The summed E-state index contributed by atoms with van der Waals surface area (Å²) in [6, 6.07) is 7.70. The third-order valence-corrected chi connectivity index (χ3v) is 6.45. The Morgan fingerprint density at radius 2 is 1.74 bits per heavy atom. The molecule has 1 aliphatic heterocycles. The highest BCUT2D eigenvalue weighted by Crippen LogP contribution is 2.27. The number of pyridine rings is 1. The van der Waals surface area contributed by atoms with Gasteiger partial charge in [-0.15, -0.1) is 0 Å². The maximum atomic E-state index is 13.0. The van der Waals surface area contributed by atoms with Crippen molar-refractivity contribution in [1.82, 2.24) is 9.29 Å². The van der Waals surface area contributed by atoms with E-state index in [2.05, 4.69) is 10.3 Å².